The molecule has 0 atom stereocenters. The van der Waals surface area contributed by atoms with Crippen molar-refractivity contribution in [3.8, 4) is 22.9 Å². The van der Waals surface area contributed by atoms with Crippen LogP contribution in [0.5, 0.6) is 5.75 Å². The molecule has 0 spiro atoms. The first-order chi connectivity index (χ1) is 8.98. The van der Waals surface area contributed by atoms with Gasteiger partial charge in [-0.3, -0.25) is 0 Å². The molecule has 0 aliphatic rings. The highest BCUT2D eigenvalue weighted by Crippen LogP contribution is 2.24. The van der Waals surface area contributed by atoms with Gasteiger partial charge in [0, 0.05) is 0 Å². The van der Waals surface area contributed by atoms with Gasteiger partial charge in [-0.05, 0) is 56.2 Å². The van der Waals surface area contributed by atoms with Crippen LogP contribution < -0.4 is 4.74 Å². The molecule has 2 heteroatoms. The Morgan fingerprint density at radius 3 is 1.74 bits per heavy atom. The van der Waals surface area contributed by atoms with Gasteiger partial charge in [0.25, 0.3) is 0 Å². The third kappa shape index (κ3) is 3.59. The predicted octanol–water partition coefficient (Wildman–Crippen LogP) is 4.40. The summed E-state index contributed by atoms with van der Waals surface area (Å²) in [6, 6.07) is 17.7. The summed E-state index contributed by atoms with van der Waals surface area (Å²) in [4.78, 5) is 0. The number of hydrogen-bond acceptors (Lipinski definition) is 2. The number of ether oxygens (including phenoxy) is 1. The van der Waals surface area contributed by atoms with Crippen LogP contribution in [0.2, 0.25) is 0 Å². The Bertz CT molecular complexity index is 583. The lowest BCUT2D eigenvalue weighted by Crippen LogP contribution is -2.22. The molecule has 0 amide bonds. The number of nitriles is 1. The van der Waals surface area contributed by atoms with Crippen LogP contribution in [-0.2, 0) is 0 Å². The minimum Gasteiger partial charge on any atom is -0.488 e. The van der Waals surface area contributed by atoms with Gasteiger partial charge in [-0.25, -0.2) is 0 Å². The molecule has 0 unspecified atom stereocenters. The zero-order chi connectivity index (χ0) is 13.9. The van der Waals surface area contributed by atoms with Crippen LogP contribution in [-0.4, -0.2) is 5.60 Å². The highest BCUT2D eigenvalue weighted by atomic mass is 16.5. The first-order valence-corrected chi connectivity index (χ1v) is 6.27. The lowest BCUT2D eigenvalue weighted by atomic mass is 10.0. The van der Waals surface area contributed by atoms with Crippen molar-refractivity contribution in [1.82, 2.24) is 0 Å². The van der Waals surface area contributed by atoms with Crippen LogP contribution in [0.3, 0.4) is 0 Å². The van der Waals surface area contributed by atoms with E-state index < -0.39 is 0 Å². The molecule has 0 aromatic heterocycles. The number of hydrogen-bond donors (Lipinski definition) is 0. The fraction of sp³-hybridized carbons (Fsp3) is 0.235. The maximum absolute atomic E-state index is 8.78. The molecular formula is C17H17NO. The normalized spacial score (nSPS) is 10.8. The zero-order valence-electron chi connectivity index (χ0n) is 11.5. The first kappa shape index (κ1) is 13.2. The van der Waals surface area contributed by atoms with E-state index in [0.717, 1.165) is 16.9 Å². The third-order valence-electron chi connectivity index (χ3n) is 2.63. The molecule has 0 saturated heterocycles. The minimum absolute atomic E-state index is 0.185. The van der Waals surface area contributed by atoms with Crippen molar-refractivity contribution in [3.05, 3.63) is 54.1 Å². The zero-order valence-corrected chi connectivity index (χ0v) is 11.5. The summed E-state index contributed by atoms with van der Waals surface area (Å²) in [5.41, 5.74) is 2.71. The molecule has 0 bridgehead atoms. The molecule has 2 aromatic rings. The molecular weight excluding hydrogens is 234 g/mol. The molecule has 0 aliphatic heterocycles. The highest BCUT2D eigenvalue weighted by molar-refractivity contribution is 5.64. The van der Waals surface area contributed by atoms with Crippen LogP contribution in [0.4, 0.5) is 0 Å². The van der Waals surface area contributed by atoms with E-state index in [-0.39, 0.29) is 5.60 Å². The molecule has 0 fully saturated rings. The average Bonchev–Trinajstić information content (AvgIpc) is 2.38. The van der Waals surface area contributed by atoms with E-state index in [4.69, 9.17) is 10.00 Å². The molecule has 0 N–H and O–H groups in total. The van der Waals surface area contributed by atoms with Gasteiger partial charge < -0.3 is 4.74 Å². The molecule has 0 aliphatic carbocycles. The van der Waals surface area contributed by atoms with Gasteiger partial charge in [0.1, 0.15) is 11.4 Å². The Balaban J connectivity index is 2.20. The monoisotopic (exact) mass is 251 g/mol. The third-order valence-corrected chi connectivity index (χ3v) is 2.63. The first-order valence-electron chi connectivity index (χ1n) is 6.27. The smallest absolute Gasteiger partial charge is 0.120 e. The summed E-state index contributed by atoms with van der Waals surface area (Å²) in [6.07, 6.45) is 0. The fourth-order valence-electron chi connectivity index (χ4n) is 1.81. The van der Waals surface area contributed by atoms with Gasteiger partial charge in [-0.1, -0.05) is 24.3 Å². The Kier molecular flexibility index (Phi) is 3.57. The quantitative estimate of drug-likeness (QED) is 0.792. The summed E-state index contributed by atoms with van der Waals surface area (Å²) in [5, 5.41) is 8.78. The van der Waals surface area contributed by atoms with E-state index in [0.29, 0.717) is 5.56 Å². The second-order valence-electron chi connectivity index (χ2n) is 5.43. The average molecular weight is 251 g/mol. The van der Waals surface area contributed by atoms with Crippen molar-refractivity contribution in [2.45, 2.75) is 26.4 Å². The summed E-state index contributed by atoms with van der Waals surface area (Å²) < 4.78 is 5.79. The summed E-state index contributed by atoms with van der Waals surface area (Å²) in [6.45, 7) is 6.09. The van der Waals surface area contributed by atoms with Gasteiger partial charge in [-0.15, -0.1) is 0 Å². The molecule has 2 rings (SSSR count). The summed E-state index contributed by atoms with van der Waals surface area (Å²) in [7, 11) is 0. The Hall–Kier alpha value is -2.27. The van der Waals surface area contributed by atoms with E-state index in [1.807, 2.05) is 69.3 Å². The van der Waals surface area contributed by atoms with Crippen LogP contribution >= 0.6 is 0 Å². The van der Waals surface area contributed by atoms with E-state index in [1.165, 1.54) is 0 Å². The highest BCUT2D eigenvalue weighted by Gasteiger charge is 2.11. The Morgan fingerprint density at radius 1 is 0.842 bits per heavy atom. The van der Waals surface area contributed by atoms with Gasteiger partial charge >= 0.3 is 0 Å². The summed E-state index contributed by atoms with van der Waals surface area (Å²) >= 11 is 0. The van der Waals surface area contributed by atoms with E-state index >= 15 is 0 Å². The molecule has 2 nitrogen and oxygen atoms in total. The molecule has 96 valence electrons. The van der Waals surface area contributed by atoms with Gasteiger partial charge in [-0.2, -0.15) is 5.26 Å². The summed E-state index contributed by atoms with van der Waals surface area (Å²) in [5.74, 6) is 0.866. The van der Waals surface area contributed by atoms with Crippen molar-refractivity contribution >= 4 is 0 Å². The Labute approximate surface area is 114 Å². The van der Waals surface area contributed by atoms with Gasteiger partial charge in [0.05, 0.1) is 11.6 Å². The molecule has 0 radical (unpaired) electrons. The van der Waals surface area contributed by atoms with Crippen molar-refractivity contribution in [2.24, 2.45) is 0 Å². The van der Waals surface area contributed by atoms with Crippen LogP contribution in [0.15, 0.2) is 48.5 Å². The van der Waals surface area contributed by atoms with Gasteiger partial charge in [0.2, 0.25) is 0 Å². The molecule has 19 heavy (non-hydrogen) atoms. The van der Waals surface area contributed by atoms with Crippen LogP contribution in [0, 0.1) is 11.3 Å². The molecule has 0 saturated carbocycles. The number of benzene rings is 2. The van der Waals surface area contributed by atoms with Crippen LogP contribution in [0.25, 0.3) is 11.1 Å². The van der Waals surface area contributed by atoms with Gasteiger partial charge in [0.15, 0.2) is 0 Å². The maximum atomic E-state index is 8.78. The Morgan fingerprint density at radius 2 is 1.32 bits per heavy atom. The minimum atomic E-state index is -0.185. The van der Waals surface area contributed by atoms with Crippen LogP contribution in [0.1, 0.15) is 26.3 Å². The topological polar surface area (TPSA) is 33.0 Å². The van der Waals surface area contributed by atoms with Crippen molar-refractivity contribution in [2.75, 3.05) is 0 Å². The SMILES string of the molecule is CC(C)(C)Oc1ccc(-c2ccc(C#N)cc2)cc1. The number of nitrogens with zero attached hydrogens (tertiary/aromatic N) is 1. The van der Waals surface area contributed by atoms with E-state index in [2.05, 4.69) is 6.07 Å². The van der Waals surface area contributed by atoms with Crippen molar-refractivity contribution in [3.63, 3.8) is 0 Å². The second kappa shape index (κ2) is 5.16. The predicted molar refractivity (Wildman–Crippen MR) is 77.0 cm³/mol. The standard InChI is InChI=1S/C17H17NO/c1-17(2,3)19-16-10-8-15(9-11-16)14-6-4-13(12-18)5-7-14/h4-11H,1-3H3. The largest absolute Gasteiger partial charge is 0.488 e. The lowest BCUT2D eigenvalue weighted by Gasteiger charge is -2.21. The maximum Gasteiger partial charge on any atom is 0.120 e. The number of rotatable bonds is 2. The molecule has 2 aromatic carbocycles. The fourth-order valence-corrected chi connectivity index (χ4v) is 1.81. The lowest BCUT2D eigenvalue weighted by molar-refractivity contribution is 0.131. The van der Waals surface area contributed by atoms with Crippen molar-refractivity contribution in [1.29, 1.82) is 5.26 Å². The van der Waals surface area contributed by atoms with Crippen molar-refractivity contribution < 1.29 is 4.74 Å². The second-order valence-corrected chi connectivity index (χ2v) is 5.43. The van der Waals surface area contributed by atoms with E-state index in [1.54, 1.807) is 0 Å². The molecule has 0 heterocycles. The van der Waals surface area contributed by atoms with E-state index in [9.17, 15) is 0 Å².